The fourth-order valence-electron chi connectivity index (χ4n) is 0.776. The summed E-state index contributed by atoms with van der Waals surface area (Å²) in [7, 11) is 0. The maximum atomic E-state index is 12.7. The average Bonchev–Trinajstić information content (AvgIpc) is 1.86. The van der Waals surface area contributed by atoms with Crippen LogP contribution in [0.4, 0.5) is 8.78 Å². The van der Waals surface area contributed by atoms with Crippen LogP contribution in [0.5, 0.6) is 0 Å². The molecule has 11 heavy (non-hydrogen) atoms. The van der Waals surface area contributed by atoms with Gasteiger partial charge in [0.25, 0.3) is 0 Å². The molecule has 0 aliphatic rings. The minimum atomic E-state index is -2.55. The Morgan fingerprint density at radius 3 is 2.00 bits per heavy atom. The van der Waals surface area contributed by atoms with Gasteiger partial charge in [0.2, 0.25) is 0 Å². The van der Waals surface area contributed by atoms with Gasteiger partial charge in [0.15, 0.2) is 0 Å². The summed E-state index contributed by atoms with van der Waals surface area (Å²) in [6.07, 6.45) is 0. The molecule has 0 N–H and O–H groups in total. The van der Waals surface area contributed by atoms with Crippen molar-refractivity contribution < 1.29 is 8.78 Å². The second-order valence-corrected chi connectivity index (χ2v) is 5.31. The summed E-state index contributed by atoms with van der Waals surface area (Å²) in [5.41, 5.74) is 1.16. The predicted octanol–water partition coefficient (Wildman–Crippen LogP) is 2.21. The summed E-state index contributed by atoms with van der Waals surface area (Å²) >= 11 is -0.324. The zero-order valence-corrected chi connectivity index (χ0v) is 10.6. The molecule has 3 heteroatoms. The number of alkyl halides is 2. The average molecular weight is 346 g/mol. The molecular formula is C8H7F2Tl. The SMILES string of the molecule is Cc1ccc([C](F)(F)[Tl])cc1. The van der Waals surface area contributed by atoms with Crippen molar-refractivity contribution in [2.75, 3.05) is 0 Å². The first-order valence-corrected chi connectivity index (χ1v) is 5.48. The Bertz CT molecular complexity index is 235. The molecule has 0 radical (unpaired) electrons. The van der Waals surface area contributed by atoms with Crippen molar-refractivity contribution in [1.29, 1.82) is 0 Å². The number of hydrogen-bond acceptors (Lipinski definition) is 0. The van der Waals surface area contributed by atoms with Crippen molar-refractivity contribution in [3.63, 3.8) is 0 Å². The number of halogens is 2. The van der Waals surface area contributed by atoms with E-state index in [1.165, 1.54) is 12.1 Å². The van der Waals surface area contributed by atoms with E-state index in [2.05, 4.69) is 0 Å². The van der Waals surface area contributed by atoms with Crippen molar-refractivity contribution in [2.24, 2.45) is 0 Å². The number of hydrogen-bond donors (Lipinski definition) is 0. The molecule has 0 saturated heterocycles. The Kier molecular flexibility index (Phi) is 2.62. The summed E-state index contributed by atoms with van der Waals surface area (Å²) in [5.74, 6) is 0. The first-order chi connectivity index (χ1) is 5.00. The van der Waals surface area contributed by atoms with Crippen LogP contribution in [-0.2, 0) is 3.48 Å². The second kappa shape index (κ2) is 3.17. The van der Waals surface area contributed by atoms with Gasteiger partial charge in [-0.15, -0.1) is 0 Å². The van der Waals surface area contributed by atoms with Gasteiger partial charge in [0.1, 0.15) is 0 Å². The van der Waals surface area contributed by atoms with Gasteiger partial charge < -0.3 is 0 Å². The van der Waals surface area contributed by atoms with Gasteiger partial charge >= 0.3 is 80.3 Å². The molecule has 0 aliphatic carbocycles. The summed E-state index contributed by atoms with van der Waals surface area (Å²) < 4.78 is 22.8. The fourth-order valence-corrected chi connectivity index (χ4v) is 1.52. The van der Waals surface area contributed by atoms with Crippen LogP contribution in [-0.4, -0.2) is 25.8 Å². The third-order valence-electron chi connectivity index (χ3n) is 1.44. The molecular weight excluding hydrogens is 338 g/mol. The standard InChI is InChI=1S/C8H7F2.Tl/c1-6-2-4-7(5-3-6)8(9)10;/h2-5H,1H3;. The number of benzene rings is 1. The molecule has 0 fully saturated rings. The molecule has 56 valence electrons. The Morgan fingerprint density at radius 1 is 1.18 bits per heavy atom. The topological polar surface area (TPSA) is 0 Å². The fraction of sp³-hybridized carbons (Fsp3) is 0.250. The Labute approximate surface area is 80.3 Å². The van der Waals surface area contributed by atoms with Crippen molar-refractivity contribution in [2.45, 2.75) is 10.4 Å². The van der Waals surface area contributed by atoms with Crippen molar-refractivity contribution in [1.82, 2.24) is 0 Å². The van der Waals surface area contributed by atoms with Gasteiger partial charge in [-0.1, -0.05) is 0 Å². The third-order valence-corrected chi connectivity index (χ3v) is 2.73. The molecule has 0 spiro atoms. The summed E-state index contributed by atoms with van der Waals surface area (Å²) in [6, 6.07) is 6.42. The van der Waals surface area contributed by atoms with Crippen molar-refractivity contribution in [3.8, 4) is 0 Å². The molecule has 0 nitrogen and oxygen atoms in total. The van der Waals surface area contributed by atoms with E-state index >= 15 is 0 Å². The maximum absolute atomic E-state index is 12.7. The normalized spacial score (nSPS) is 11.5. The van der Waals surface area contributed by atoms with E-state index in [0.29, 0.717) is 0 Å². The Hall–Kier alpha value is 0.00208. The zero-order chi connectivity index (χ0) is 8.48. The van der Waals surface area contributed by atoms with Crippen LogP contribution in [0.15, 0.2) is 24.3 Å². The van der Waals surface area contributed by atoms with Crippen molar-refractivity contribution in [3.05, 3.63) is 35.4 Å². The van der Waals surface area contributed by atoms with Crippen LogP contribution in [0, 0.1) is 6.92 Å². The van der Waals surface area contributed by atoms with Crippen LogP contribution in [0.1, 0.15) is 11.1 Å². The molecule has 0 aliphatic heterocycles. The third kappa shape index (κ3) is 2.50. The monoisotopic (exact) mass is 346 g/mol. The first-order valence-electron chi connectivity index (χ1n) is 3.24. The van der Waals surface area contributed by atoms with Crippen LogP contribution in [0.25, 0.3) is 0 Å². The molecule has 0 saturated carbocycles. The van der Waals surface area contributed by atoms with Crippen LogP contribution in [0.2, 0.25) is 0 Å². The molecule has 1 aromatic rings. The van der Waals surface area contributed by atoms with E-state index in [1.807, 2.05) is 6.92 Å². The van der Waals surface area contributed by atoms with E-state index < -0.39 is 3.48 Å². The van der Waals surface area contributed by atoms with Gasteiger partial charge in [-0.3, -0.25) is 0 Å². The van der Waals surface area contributed by atoms with Gasteiger partial charge in [-0.05, 0) is 0 Å². The molecule has 1 rings (SSSR count). The first kappa shape index (κ1) is 9.09. The summed E-state index contributed by atoms with van der Waals surface area (Å²) in [4.78, 5) is 0. The quantitative estimate of drug-likeness (QED) is 0.685. The van der Waals surface area contributed by atoms with Crippen LogP contribution in [0.3, 0.4) is 0 Å². The van der Waals surface area contributed by atoms with E-state index in [0.717, 1.165) is 5.56 Å². The van der Waals surface area contributed by atoms with Crippen LogP contribution < -0.4 is 0 Å². The van der Waals surface area contributed by atoms with Gasteiger partial charge in [-0.25, -0.2) is 0 Å². The minimum absolute atomic E-state index is 0.146. The molecule has 1 aromatic carbocycles. The van der Waals surface area contributed by atoms with Gasteiger partial charge in [-0.2, -0.15) is 0 Å². The second-order valence-electron chi connectivity index (χ2n) is 2.49. The van der Waals surface area contributed by atoms with E-state index in [-0.39, 0.29) is 31.3 Å². The summed E-state index contributed by atoms with van der Waals surface area (Å²) in [6.45, 7) is 1.89. The van der Waals surface area contributed by atoms with Gasteiger partial charge in [0.05, 0.1) is 0 Å². The zero-order valence-electron chi connectivity index (χ0n) is 6.14. The molecule has 0 atom stereocenters. The summed E-state index contributed by atoms with van der Waals surface area (Å²) in [5, 5.41) is 0. The van der Waals surface area contributed by atoms with Crippen molar-refractivity contribution >= 4 is 25.8 Å². The van der Waals surface area contributed by atoms with E-state index in [9.17, 15) is 8.78 Å². The molecule has 0 unspecified atom stereocenters. The van der Waals surface area contributed by atoms with E-state index in [1.54, 1.807) is 12.1 Å². The molecule has 0 heterocycles. The molecule has 0 amide bonds. The molecule has 0 bridgehead atoms. The Balaban J connectivity index is 2.99. The number of rotatable bonds is 1. The predicted molar refractivity (Wildman–Crippen MR) is 40.8 cm³/mol. The van der Waals surface area contributed by atoms with Gasteiger partial charge in [0, 0.05) is 0 Å². The number of aryl methyl sites for hydroxylation is 1. The van der Waals surface area contributed by atoms with E-state index in [4.69, 9.17) is 0 Å². The van der Waals surface area contributed by atoms with Crippen LogP contribution >= 0.6 is 0 Å². The molecule has 0 aromatic heterocycles. The Morgan fingerprint density at radius 2 is 1.64 bits per heavy atom.